The minimum absolute atomic E-state index is 0.292. The summed E-state index contributed by atoms with van der Waals surface area (Å²) >= 11 is 8.58. The van der Waals surface area contributed by atoms with E-state index >= 15 is 0 Å². The molecule has 0 aliphatic carbocycles. The zero-order valence-electron chi connectivity index (χ0n) is 17.3. The van der Waals surface area contributed by atoms with Crippen molar-refractivity contribution < 1.29 is 21.9 Å². The molecular formula is C22H28Cl4O2Ti. The Balaban J connectivity index is 2.13. The summed E-state index contributed by atoms with van der Waals surface area (Å²) in [5.41, 5.74) is 2.02. The molecule has 0 saturated carbocycles. The van der Waals surface area contributed by atoms with Crippen LogP contribution in [0.1, 0.15) is 51.7 Å². The van der Waals surface area contributed by atoms with E-state index in [0.717, 1.165) is 36.8 Å². The van der Waals surface area contributed by atoms with Gasteiger partial charge in [0.05, 0.1) is 0 Å². The van der Waals surface area contributed by atoms with Crippen LogP contribution in [0.15, 0.2) is 48.5 Å². The van der Waals surface area contributed by atoms with Crippen LogP contribution in [0, 0.1) is 0 Å². The zero-order valence-corrected chi connectivity index (χ0v) is 21.9. The van der Waals surface area contributed by atoms with E-state index in [1.165, 1.54) is 0 Å². The van der Waals surface area contributed by atoms with Gasteiger partial charge in [-0.15, -0.1) is 0 Å². The maximum absolute atomic E-state index is 6.59. The van der Waals surface area contributed by atoms with Crippen LogP contribution in [0.5, 0.6) is 11.5 Å². The summed E-state index contributed by atoms with van der Waals surface area (Å²) in [5, 5.41) is 0. The summed E-state index contributed by atoms with van der Waals surface area (Å²) < 4.78 is 12.1. The monoisotopic (exact) mass is 512 g/mol. The van der Waals surface area contributed by atoms with Crippen LogP contribution in [-0.4, -0.2) is 9.75 Å². The van der Waals surface area contributed by atoms with Crippen LogP contribution in [0.3, 0.4) is 0 Å². The first-order chi connectivity index (χ1) is 13.3. The fraction of sp³-hybridized carbons (Fsp3) is 0.455. The molecule has 0 heterocycles. The van der Waals surface area contributed by atoms with Gasteiger partial charge >= 0.3 is 198 Å². The van der Waals surface area contributed by atoms with Crippen molar-refractivity contribution in [3.8, 4) is 11.5 Å². The SMILES string of the molecule is CC(C)(Cl)CCc1ccccc1[O][Ti]([Cl])([Cl])[O]c1ccccc1CCC(C)(C)Cl. The van der Waals surface area contributed by atoms with Gasteiger partial charge in [0, 0.05) is 0 Å². The predicted molar refractivity (Wildman–Crippen MR) is 122 cm³/mol. The van der Waals surface area contributed by atoms with Crippen molar-refractivity contribution in [2.24, 2.45) is 0 Å². The second-order valence-electron chi connectivity index (χ2n) is 8.32. The summed E-state index contributed by atoms with van der Waals surface area (Å²) in [7, 11) is 13.2. The number of benzene rings is 2. The molecule has 2 nitrogen and oxygen atoms in total. The van der Waals surface area contributed by atoms with Gasteiger partial charge in [-0.25, -0.2) is 0 Å². The maximum atomic E-state index is 6.59. The fourth-order valence-corrected chi connectivity index (χ4v) is 5.81. The van der Waals surface area contributed by atoms with Crippen LogP contribution < -0.4 is 6.64 Å². The Morgan fingerprint density at radius 1 is 0.690 bits per heavy atom. The van der Waals surface area contributed by atoms with Crippen LogP contribution in [0.2, 0.25) is 0 Å². The van der Waals surface area contributed by atoms with Gasteiger partial charge in [0.1, 0.15) is 0 Å². The number of alkyl halides is 2. The second kappa shape index (κ2) is 10.5. The average Bonchev–Trinajstić information content (AvgIpc) is 2.58. The van der Waals surface area contributed by atoms with Crippen molar-refractivity contribution in [3.63, 3.8) is 0 Å². The summed E-state index contributed by atoms with van der Waals surface area (Å²) in [6.45, 7) is 7.97. The van der Waals surface area contributed by atoms with E-state index in [-0.39, 0.29) is 9.75 Å². The molecular weight excluding hydrogens is 486 g/mol. The average molecular weight is 514 g/mol. The molecule has 0 amide bonds. The third-order valence-corrected chi connectivity index (χ3v) is 7.46. The predicted octanol–water partition coefficient (Wildman–Crippen LogP) is 8.34. The quantitative estimate of drug-likeness (QED) is 0.235. The Labute approximate surface area is 196 Å². The molecule has 2 rings (SSSR count). The van der Waals surface area contributed by atoms with Gasteiger partial charge in [0.25, 0.3) is 0 Å². The van der Waals surface area contributed by atoms with Crippen LogP contribution in [-0.2, 0) is 28.1 Å². The molecule has 0 aliphatic heterocycles. The molecule has 0 spiro atoms. The van der Waals surface area contributed by atoms with Crippen molar-refractivity contribution >= 4 is 41.8 Å². The van der Waals surface area contributed by atoms with Crippen molar-refractivity contribution in [1.82, 2.24) is 0 Å². The molecule has 2 aromatic rings. The van der Waals surface area contributed by atoms with Crippen molar-refractivity contribution in [2.75, 3.05) is 0 Å². The molecule has 29 heavy (non-hydrogen) atoms. The fourth-order valence-electron chi connectivity index (χ4n) is 2.76. The van der Waals surface area contributed by atoms with Gasteiger partial charge in [-0.05, 0) is 0 Å². The number of hydrogen-bond donors (Lipinski definition) is 0. The van der Waals surface area contributed by atoms with E-state index in [0.29, 0.717) is 11.5 Å². The number of rotatable bonds is 10. The van der Waals surface area contributed by atoms with E-state index < -0.39 is 15.2 Å². The third kappa shape index (κ3) is 9.72. The first kappa shape index (κ1) is 25.2. The van der Waals surface area contributed by atoms with Gasteiger partial charge < -0.3 is 0 Å². The third-order valence-electron chi connectivity index (χ3n) is 4.38. The normalized spacial score (nSPS) is 12.7. The molecule has 0 unspecified atom stereocenters. The van der Waals surface area contributed by atoms with Crippen LogP contribution >= 0.6 is 41.8 Å². The van der Waals surface area contributed by atoms with Crippen molar-refractivity contribution in [3.05, 3.63) is 59.7 Å². The summed E-state index contributed by atoms with van der Waals surface area (Å²) in [6.07, 6.45) is 3.13. The summed E-state index contributed by atoms with van der Waals surface area (Å²) in [4.78, 5) is -0.585. The Morgan fingerprint density at radius 3 is 1.38 bits per heavy atom. The van der Waals surface area contributed by atoms with Gasteiger partial charge in [-0.2, -0.15) is 0 Å². The molecule has 0 aromatic heterocycles. The number of aryl methyl sites for hydroxylation is 2. The van der Waals surface area contributed by atoms with Crippen molar-refractivity contribution in [2.45, 2.75) is 63.1 Å². The zero-order chi connectivity index (χ0) is 21.7. The second-order valence-corrected chi connectivity index (χ2v) is 17.4. The van der Waals surface area contributed by atoms with E-state index in [2.05, 4.69) is 0 Å². The molecule has 0 atom stereocenters. The number of halogens is 4. The molecule has 0 fully saturated rings. The molecule has 7 heteroatoms. The Morgan fingerprint density at radius 2 is 1.03 bits per heavy atom. The van der Waals surface area contributed by atoms with E-state index in [1.807, 2.05) is 76.2 Å². The standard InChI is InChI=1S/2C11H15ClO.2ClH.Ti/c2*1-11(2,12)8-7-9-5-3-4-6-10(9)13;;;/h2*3-6,13H,7-8H2,1-2H3;2*1H;/q;;;;+4/p-4. The molecule has 2 aromatic carbocycles. The first-order valence-corrected chi connectivity index (χ1v) is 16.0. The Bertz CT molecular complexity index is 732. The van der Waals surface area contributed by atoms with E-state index in [4.69, 9.17) is 48.4 Å². The topological polar surface area (TPSA) is 18.5 Å². The van der Waals surface area contributed by atoms with Gasteiger partial charge in [0.2, 0.25) is 0 Å². The number of hydrogen-bond acceptors (Lipinski definition) is 2. The van der Waals surface area contributed by atoms with Crippen molar-refractivity contribution in [1.29, 1.82) is 0 Å². The molecule has 0 N–H and O–H groups in total. The van der Waals surface area contributed by atoms with E-state index in [1.54, 1.807) is 0 Å². The first-order valence-electron chi connectivity index (χ1n) is 9.64. The molecule has 0 aliphatic rings. The van der Waals surface area contributed by atoms with Gasteiger partial charge in [-0.1, -0.05) is 0 Å². The van der Waals surface area contributed by atoms with Crippen LogP contribution in [0.25, 0.3) is 0 Å². The summed E-state index contributed by atoms with van der Waals surface area (Å²) in [5.74, 6) is 1.30. The van der Waals surface area contributed by atoms with Gasteiger partial charge in [-0.3, -0.25) is 0 Å². The molecule has 0 bridgehead atoms. The van der Waals surface area contributed by atoms with E-state index in [9.17, 15) is 0 Å². The Kier molecular flexibility index (Phi) is 9.10. The molecule has 0 radical (unpaired) electrons. The molecule has 0 saturated heterocycles. The Hall–Kier alpha value is -0.0857. The minimum atomic E-state index is -4.09. The summed E-state index contributed by atoms with van der Waals surface area (Å²) in [6, 6.07) is 15.5. The van der Waals surface area contributed by atoms with Crippen LogP contribution in [0.4, 0.5) is 0 Å². The number of para-hydroxylation sites is 2. The van der Waals surface area contributed by atoms with Gasteiger partial charge in [0.15, 0.2) is 0 Å². The molecule has 160 valence electrons.